The molecule has 1 N–H and O–H groups in total. The van der Waals surface area contributed by atoms with Gasteiger partial charge in [0.25, 0.3) is 0 Å². The Morgan fingerprint density at radius 3 is 2.85 bits per heavy atom. The van der Waals surface area contributed by atoms with Gasteiger partial charge in [-0.25, -0.2) is 0 Å². The van der Waals surface area contributed by atoms with Crippen molar-refractivity contribution in [3.63, 3.8) is 0 Å². The second-order valence-electron chi connectivity index (χ2n) is 7.08. The van der Waals surface area contributed by atoms with E-state index in [0.29, 0.717) is 13.2 Å². The molecule has 3 unspecified atom stereocenters. The van der Waals surface area contributed by atoms with Gasteiger partial charge in [-0.2, -0.15) is 0 Å². The quantitative estimate of drug-likeness (QED) is 0.392. The van der Waals surface area contributed by atoms with Crippen molar-refractivity contribution >= 4 is 29.9 Å². The lowest BCUT2D eigenvalue weighted by atomic mass is 10.1. The van der Waals surface area contributed by atoms with Crippen LogP contribution in [0.15, 0.2) is 29.3 Å². The molecule has 2 heterocycles. The van der Waals surface area contributed by atoms with Crippen molar-refractivity contribution in [1.82, 2.24) is 10.2 Å². The first kappa shape index (κ1) is 22.2. The number of nitrogens with one attached hydrogen (secondary N) is 1. The molecule has 3 rings (SSSR count). The predicted molar refractivity (Wildman–Crippen MR) is 118 cm³/mol. The van der Waals surface area contributed by atoms with E-state index in [2.05, 4.69) is 41.2 Å². The molecule has 0 saturated carbocycles. The molecule has 2 fully saturated rings. The lowest BCUT2D eigenvalue weighted by Crippen LogP contribution is -2.54. The summed E-state index contributed by atoms with van der Waals surface area (Å²) in [6, 6.07) is 8.13. The van der Waals surface area contributed by atoms with Crippen LogP contribution in [0.4, 0.5) is 0 Å². The topological polar surface area (TPSA) is 55.3 Å². The van der Waals surface area contributed by atoms with E-state index in [4.69, 9.17) is 14.2 Å². The van der Waals surface area contributed by atoms with E-state index in [1.165, 1.54) is 5.56 Å². The van der Waals surface area contributed by atoms with Gasteiger partial charge in [0.1, 0.15) is 18.0 Å². The normalized spacial score (nSPS) is 24.3. The fourth-order valence-electron chi connectivity index (χ4n) is 3.52. The molecule has 0 aliphatic carbocycles. The van der Waals surface area contributed by atoms with Crippen molar-refractivity contribution in [2.75, 3.05) is 39.9 Å². The zero-order chi connectivity index (χ0) is 18.4. The molecule has 0 spiro atoms. The standard InChI is InChI=1S/C20H31N3O3.HI/c1-15-6-4-7-17(12-15)26-16(2)13-22-20(21-3)23-9-11-25-19(14-23)18-8-5-10-24-18;/h4,6-7,12,16,18-19H,5,8-11,13-14H2,1-3H3,(H,21,22);1H. The third-order valence-electron chi connectivity index (χ3n) is 4.86. The minimum Gasteiger partial charge on any atom is -0.489 e. The monoisotopic (exact) mass is 489 g/mol. The van der Waals surface area contributed by atoms with Gasteiger partial charge in [-0.1, -0.05) is 12.1 Å². The maximum Gasteiger partial charge on any atom is 0.193 e. The molecule has 0 amide bonds. The maximum atomic E-state index is 6.00. The van der Waals surface area contributed by atoms with Crippen LogP contribution < -0.4 is 10.1 Å². The lowest BCUT2D eigenvalue weighted by Gasteiger charge is -2.37. The second kappa shape index (κ2) is 11.1. The van der Waals surface area contributed by atoms with Crippen LogP contribution >= 0.6 is 24.0 Å². The molecule has 152 valence electrons. The van der Waals surface area contributed by atoms with Crippen molar-refractivity contribution in [2.45, 2.75) is 45.0 Å². The van der Waals surface area contributed by atoms with E-state index in [1.807, 2.05) is 19.2 Å². The molecule has 2 saturated heterocycles. The lowest BCUT2D eigenvalue weighted by molar-refractivity contribution is -0.0817. The highest BCUT2D eigenvalue weighted by Gasteiger charge is 2.32. The summed E-state index contributed by atoms with van der Waals surface area (Å²) < 4.78 is 17.7. The molecule has 7 heteroatoms. The van der Waals surface area contributed by atoms with Crippen LogP contribution in [-0.2, 0) is 9.47 Å². The van der Waals surface area contributed by atoms with Crippen LogP contribution in [0, 0.1) is 6.92 Å². The number of aryl methyl sites for hydroxylation is 1. The summed E-state index contributed by atoms with van der Waals surface area (Å²) in [6.45, 7) is 8.06. The first-order valence-corrected chi connectivity index (χ1v) is 9.58. The van der Waals surface area contributed by atoms with Crippen molar-refractivity contribution in [2.24, 2.45) is 4.99 Å². The number of guanidine groups is 1. The van der Waals surface area contributed by atoms with Crippen molar-refractivity contribution in [3.8, 4) is 5.75 Å². The number of nitrogens with zero attached hydrogens (tertiary/aromatic N) is 2. The molecule has 27 heavy (non-hydrogen) atoms. The van der Waals surface area contributed by atoms with E-state index < -0.39 is 0 Å². The number of halogens is 1. The highest BCUT2D eigenvalue weighted by atomic mass is 127. The zero-order valence-electron chi connectivity index (χ0n) is 16.5. The largest absolute Gasteiger partial charge is 0.489 e. The van der Waals surface area contributed by atoms with Crippen LogP contribution in [0.1, 0.15) is 25.3 Å². The highest BCUT2D eigenvalue weighted by molar-refractivity contribution is 14.0. The number of aliphatic imine (C=N–C) groups is 1. The zero-order valence-corrected chi connectivity index (χ0v) is 18.8. The molecule has 2 aliphatic rings. The van der Waals surface area contributed by atoms with Gasteiger partial charge in [-0.05, 0) is 44.4 Å². The molecule has 2 aliphatic heterocycles. The predicted octanol–water partition coefficient (Wildman–Crippen LogP) is 2.84. The number of benzene rings is 1. The molecule has 6 nitrogen and oxygen atoms in total. The average molecular weight is 489 g/mol. The molecule has 1 aromatic rings. The average Bonchev–Trinajstić information content (AvgIpc) is 3.17. The van der Waals surface area contributed by atoms with Gasteiger partial charge in [-0.15, -0.1) is 24.0 Å². The Bertz CT molecular complexity index is 608. The number of hydrogen-bond donors (Lipinski definition) is 1. The summed E-state index contributed by atoms with van der Waals surface area (Å²) in [5, 5.41) is 3.44. The Morgan fingerprint density at radius 2 is 2.15 bits per heavy atom. The fourth-order valence-corrected chi connectivity index (χ4v) is 3.52. The van der Waals surface area contributed by atoms with Crippen molar-refractivity contribution in [3.05, 3.63) is 29.8 Å². The second-order valence-corrected chi connectivity index (χ2v) is 7.08. The molecule has 0 bridgehead atoms. The van der Waals surface area contributed by atoms with Gasteiger partial charge < -0.3 is 24.4 Å². The van der Waals surface area contributed by atoms with E-state index in [9.17, 15) is 0 Å². The number of hydrogen-bond acceptors (Lipinski definition) is 4. The third kappa shape index (κ3) is 6.50. The molecular weight excluding hydrogens is 457 g/mol. The van der Waals surface area contributed by atoms with Crippen LogP contribution in [0.5, 0.6) is 5.75 Å². The van der Waals surface area contributed by atoms with E-state index in [0.717, 1.165) is 44.2 Å². The maximum absolute atomic E-state index is 6.00. The van der Waals surface area contributed by atoms with Gasteiger partial charge in [0, 0.05) is 26.7 Å². The number of ether oxygens (including phenoxy) is 3. The molecular formula is C20H32IN3O3. The molecule has 0 radical (unpaired) electrons. The van der Waals surface area contributed by atoms with E-state index in [1.54, 1.807) is 0 Å². The summed E-state index contributed by atoms with van der Waals surface area (Å²) in [5.74, 6) is 1.80. The molecule has 3 atom stereocenters. The van der Waals surface area contributed by atoms with Crippen LogP contribution in [0.25, 0.3) is 0 Å². The summed E-state index contributed by atoms with van der Waals surface area (Å²) in [6.07, 6.45) is 2.62. The first-order valence-electron chi connectivity index (χ1n) is 9.58. The van der Waals surface area contributed by atoms with Crippen molar-refractivity contribution in [1.29, 1.82) is 0 Å². The number of rotatable bonds is 5. The van der Waals surface area contributed by atoms with Gasteiger partial charge in [0.15, 0.2) is 5.96 Å². The number of morpholine rings is 1. The Kier molecular flexibility index (Phi) is 9.11. The van der Waals surface area contributed by atoms with Crippen LogP contribution in [0.2, 0.25) is 0 Å². The van der Waals surface area contributed by atoms with Crippen LogP contribution in [-0.4, -0.2) is 69.1 Å². The minimum absolute atomic E-state index is 0. The Hall–Kier alpha value is -1.06. The van der Waals surface area contributed by atoms with Gasteiger partial charge in [-0.3, -0.25) is 4.99 Å². The summed E-state index contributed by atoms with van der Waals surface area (Å²) in [7, 11) is 1.82. The van der Waals surface area contributed by atoms with E-state index in [-0.39, 0.29) is 42.3 Å². The molecule has 1 aromatic carbocycles. The SMILES string of the molecule is CN=C(NCC(C)Oc1cccc(C)c1)N1CCOC(C2CCCO2)C1.I. The van der Waals surface area contributed by atoms with Crippen LogP contribution in [0.3, 0.4) is 0 Å². The molecule has 0 aromatic heterocycles. The van der Waals surface area contributed by atoms with Crippen molar-refractivity contribution < 1.29 is 14.2 Å². The van der Waals surface area contributed by atoms with Gasteiger partial charge in [0.05, 0.1) is 19.3 Å². The summed E-state index contributed by atoms with van der Waals surface area (Å²) >= 11 is 0. The highest BCUT2D eigenvalue weighted by Crippen LogP contribution is 2.21. The Labute approximate surface area is 179 Å². The summed E-state index contributed by atoms with van der Waals surface area (Å²) in [5.41, 5.74) is 1.20. The Balaban J connectivity index is 0.00000261. The third-order valence-corrected chi connectivity index (χ3v) is 4.86. The summed E-state index contributed by atoms with van der Waals surface area (Å²) in [4.78, 5) is 6.70. The minimum atomic E-state index is 0. The fraction of sp³-hybridized carbons (Fsp3) is 0.650. The van der Waals surface area contributed by atoms with Gasteiger partial charge in [0.2, 0.25) is 0 Å². The first-order chi connectivity index (χ1) is 12.7. The van der Waals surface area contributed by atoms with E-state index >= 15 is 0 Å². The van der Waals surface area contributed by atoms with Gasteiger partial charge >= 0.3 is 0 Å². The smallest absolute Gasteiger partial charge is 0.193 e. The Morgan fingerprint density at radius 1 is 1.33 bits per heavy atom.